The maximum absolute atomic E-state index is 9.35. The van der Waals surface area contributed by atoms with E-state index in [4.69, 9.17) is 0 Å². The van der Waals surface area contributed by atoms with Gasteiger partial charge in [-0.1, -0.05) is 12.4 Å². The van der Waals surface area contributed by atoms with E-state index in [0.717, 1.165) is 0 Å². The van der Waals surface area contributed by atoms with Crippen molar-refractivity contribution in [3.8, 4) is 0 Å². The summed E-state index contributed by atoms with van der Waals surface area (Å²) < 4.78 is 9.35. The summed E-state index contributed by atoms with van der Waals surface area (Å²) in [4.78, 5) is 18.7. The van der Waals surface area contributed by atoms with E-state index in [2.05, 4.69) is 6.58 Å². The number of hydrogen-bond donors (Lipinski definition) is 0. The summed E-state index contributed by atoms with van der Waals surface area (Å²) in [7, 11) is -4.38. The Hall–Kier alpha value is 1.08. The molecule has 3 nitrogen and oxygen atoms in total. The molecule has 36 valence electrons. The molecule has 6 heteroatoms. The molecule has 0 saturated heterocycles. The molecular formula is C2H3Li2O3P. The molecule has 0 saturated carbocycles. The van der Waals surface area contributed by atoms with Crippen molar-refractivity contribution in [1.82, 2.24) is 0 Å². The molecule has 8 heavy (non-hydrogen) atoms. The SMILES string of the molecule is C=CP(=O)([O-])[O-].[Li+].[Li+]. The van der Waals surface area contributed by atoms with Gasteiger partial charge in [-0.3, -0.25) is 0 Å². The van der Waals surface area contributed by atoms with Crippen molar-refractivity contribution < 1.29 is 52.1 Å². The predicted octanol–water partition coefficient (Wildman–Crippen LogP) is -6.95. The first kappa shape index (κ1) is 16.0. The van der Waals surface area contributed by atoms with Crippen LogP contribution in [-0.4, -0.2) is 0 Å². The van der Waals surface area contributed by atoms with Crippen molar-refractivity contribution in [2.24, 2.45) is 0 Å². The van der Waals surface area contributed by atoms with Gasteiger partial charge in [0.1, 0.15) is 0 Å². The van der Waals surface area contributed by atoms with E-state index < -0.39 is 7.60 Å². The van der Waals surface area contributed by atoms with Crippen molar-refractivity contribution in [3.63, 3.8) is 0 Å². The zero-order valence-electron chi connectivity index (χ0n) is 4.96. The van der Waals surface area contributed by atoms with Gasteiger partial charge < -0.3 is 14.4 Å². The van der Waals surface area contributed by atoms with Crippen molar-refractivity contribution in [2.45, 2.75) is 0 Å². The van der Waals surface area contributed by atoms with Gasteiger partial charge in [-0.15, -0.1) is 0 Å². The molecule has 0 bridgehead atoms. The molecule has 0 aromatic rings. The molecule has 0 aromatic heterocycles. The van der Waals surface area contributed by atoms with E-state index in [9.17, 15) is 14.4 Å². The topological polar surface area (TPSA) is 63.2 Å². The Labute approximate surface area is 72.1 Å². The zero-order chi connectivity index (χ0) is 5.21. The van der Waals surface area contributed by atoms with Gasteiger partial charge in [0, 0.05) is 0 Å². The summed E-state index contributed by atoms with van der Waals surface area (Å²) in [5, 5.41) is 0. The Balaban J connectivity index is -0.000000125. The maximum atomic E-state index is 9.35. The molecule has 0 fully saturated rings. The average molecular weight is 120 g/mol. The van der Waals surface area contributed by atoms with E-state index >= 15 is 0 Å². The van der Waals surface area contributed by atoms with Gasteiger partial charge in [0.05, 0.1) is 0 Å². The van der Waals surface area contributed by atoms with Crippen LogP contribution in [0.5, 0.6) is 0 Å². The van der Waals surface area contributed by atoms with Crippen LogP contribution in [0.15, 0.2) is 12.4 Å². The molecule has 0 aliphatic carbocycles. The normalized spacial score (nSPS) is 8.25. The predicted molar refractivity (Wildman–Crippen MR) is 17.8 cm³/mol. The van der Waals surface area contributed by atoms with E-state index in [1.165, 1.54) is 0 Å². The Bertz CT molecular complexity index is 97.5. The first-order chi connectivity index (χ1) is 2.56. The van der Waals surface area contributed by atoms with E-state index in [0.29, 0.717) is 5.82 Å². The molecule has 0 atom stereocenters. The fraction of sp³-hybridized carbons (Fsp3) is 0. The summed E-state index contributed by atoms with van der Waals surface area (Å²) in [6.07, 6.45) is 0. The van der Waals surface area contributed by atoms with E-state index in [-0.39, 0.29) is 37.7 Å². The second kappa shape index (κ2) is 6.21. The molecule has 0 rings (SSSR count). The summed E-state index contributed by atoms with van der Waals surface area (Å²) in [5.41, 5.74) is 0. The molecular weight excluding hydrogens is 117 g/mol. The van der Waals surface area contributed by atoms with Crippen molar-refractivity contribution in [2.75, 3.05) is 0 Å². The number of rotatable bonds is 1. The minimum Gasteiger partial charge on any atom is -0.808 e. The fourth-order valence-electron chi connectivity index (χ4n) is 0. The minimum atomic E-state index is -4.38. The summed E-state index contributed by atoms with van der Waals surface area (Å²) >= 11 is 0. The Morgan fingerprint density at radius 3 is 1.50 bits per heavy atom. The van der Waals surface area contributed by atoms with E-state index in [1.54, 1.807) is 0 Å². The van der Waals surface area contributed by atoms with Gasteiger partial charge in [-0.25, -0.2) is 0 Å². The molecule has 0 aromatic carbocycles. The van der Waals surface area contributed by atoms with Crippen molar-refractivity contribution in [3.05, 3.63) is 12.4 Å². The molecule has 0 heterocycles. The van der Waals surface area contributed by atoms with Gasteiger partial charge in [0.25, 0.3) is 0 Å². The largest absolute Gasteiger partial charge is 1.00 e. The van der Waals surface area contributed by atoms with Gasteiger partial charge in [-0.05, 0) is 7.60 Å². The Kier molecular flexibility index (Phi) is 12.4. The third-order valence-electron chi connectivity index (χ3n) is 0.224. The molecule has 0 aliphatic rings. The van der Waals surface area contributed by atoms with Crippen LogP contribution in [-0.2, 0) is 4.57 Å². The zero-order valence-corrected chi connectivity index (χ0v) is 5.85. The van der Waals surface area contributed by atoms with Crippen molar-refractivity contribution in [1.29, 1.82) is 0 Å². The number of hydrogen-bond acceptors (Lipinski definition) is 3. The molecule has 0 N–H and O–H groups in total. The average Bonchev–Trinajstić information content (AvgIpc) is 1.35. The second-order valence-corrected chi connectivity index (χ2v) is 2.17. The smallest absolute Gasteiger partial charge is 0.808 e. The standard InChI is InChI=1S/C2H5O3P.2Li/c1-2-6(3,4)5;;/h2H,1H2,(H2,3,4,5);;/q;2*+1/p-2. The van der Waals surface area contributed by atoms with Crippen LogP contribution in [0, 0.1) is 0 Å². The quantitative estimate of drug-likeness (QED) is 0.255. The van der Waals surface area contributed by atoms with Crippen LogP contribution >= 0.6 is 7.60 Å². The fourth-order valence-corrected chi connectivity index (χ4v) is 0. The molecule has 0 aliphatic heterocycles. The Morgan fingerprint density at radius 1 is 1.38 bits per heavy atom. The molecule has 0 spiro atoms. The first-order valence-electron chi connectivity index (χ1n) is 1.21. The maximum Gasteiger partial charge on any atom is 1.00 e. The van der Waals surface area contributed by atoms with Crippen LogP contribution in [0.25, 0.3) is 0 Å². The van der Waals surface area contributed by atoms with Crippen LogP contribution < -0.4 is 47.5 Å². The second-order valence-electron chi connectivity index (χ2n) is 0.722. The molecule has 0 unspecified atom stereocenters. The van der Waals surface area contributed by atoms with E-state index in [1.807, 2.05) is 0 Å². The third-order valence-corrected chi connectivity index (χ3v) is 0.671. The van der Waals surface area contributed by atoms with Crippen LogP contribution in [0.2, 0.25) is 0 Å². The summed E-state index contributed by atoms with van der Waals surface area (Å²) in [5.74, 6) is 0.382. The first-order valence-corrected chi connectivity index (χ1v) is 2.83. The van der Waals surface area contributed by atoms with Gasteiger partial charge in [-0.2, -0.15) is 0 Å². The molecule has 0 amide bonds. The van der Waals surface area contributed by atoms with Gasteiger partial charge in [0.2, 0.25) is 0 Å². The van der Waals surface area contributed by atoms with Crippen LogP contribution in [0.4, 0.5) is 0 Å². The van der Waals surface area contributed by atoms with Crippen LogP contribution in [0.1, 0.15) is 0 Å². The summed E-state index contributed by atoms with van der Waals surface area (Å²) in [6.45, 7) is 2.74. The molecule has 0 radical (unpaired) electrons. The van der Waals surface area contributed by atoms with Crippen molar-refractivity contribution >= 4 is 7.60 Å². The monoisotopic (exact) mass is 120 g/mol. The van der Waals surface area contributed by atoms with Gasteiger partial charge in [0.15, 0.2) is 0 Å². The van der Waals surface area contributed by atoms with Gasteiger partial charge >= 0.3 is 37.7 Å². The van der Waals surface area contributed by atoms with Crippen LogP contribution in [0.3, 0.4) is 0 Å². The third kappa shape index (κ3) is 15.7. The summed E-state index contributed by atoms with van der Waals surface area (Å²) in [6, 6.07) is 0. The Morgan fingerprint density at radius 2 is 1.50 bits per heavy atom. The minimum absolute atomic E-state index is 0.